The largest absolute Gasteiger partial charge is 0.508 e. The van der Waals surface area contributed by atoms with Gasteiger partial charge in [-0.05, 0) is 36.2 Å². The summed E-state index contributed by atoms with van der Waals surface area (Å²) in [4.78, 5) is 11.5. The van der Waals surface area contributed by atoms with Crippen molar-refractivity contribution in [3.63, 3.8) is 0 Å². The van der Waals surface area contributed by atoms with Crippen molar-refractivity contribution in [1.82, 2.24) is 0 Å². The first-order chi connectivity index (χ1) is 10.0. The number of methoxy groups -OCH3 is 1. The molecule has 2 aromatic rings. The van der Waals surface area contributed by atoms with Crippen LogP contribution in [0.2, 0.25) is 0 Å². The highest BCUT2D eigenvalue weighted by molar-refractivity contribution is 5.90. The van der Waals surface area contributed by atoms with Crippen molar-refractivity contribution >= 4 is 11.7 Å². The second-order valence-electron chi connectivity index (χ2n) is 4.66. The third kappa shape index (κ3) is 3.51. The van der Waals surface area contributed by atoms with Crippen molar-refractivity contribution in [2.75, 3.05) is 12.4 Å². The minimum absolute atomic E-state index is 0.115. The Hall–Kier alpha value is -2.56. The monoisotopic (exact) mass is 289 g/mol. The van der Waals surface area contributed by atoms with E-state index in [0.717, 1.165) is 17.2 Å². The number of carbonyl (C=O) groups excluding carboxylic acids is 1. The number of phenols is 1. The van der Waals surface area contributed by atoms with Gasteiger partial charge in [-0.1, -0.05) is 12.1 Å². The average Bonchev–Trinajstić information content (AvgIpc) is 2.45. The molecule has 110 valence electrons. The normalized spacial score (nSPS) is 10.2. The Morgan fingerprint density at radius 3 is 2.67 bits per heavy atom. The average molecular weight is 289 g/mol. The number of hydrogen-bond acceptors (Lipinski definition) is 4. The quantitative estimate of drug-likeness (QED) is 0.670. The zero-order chi connectivity index (χ0) is 15.4. The highest BCUT2D eigenvalue weighted by Gasteiger charge is 2.09. The summed E-state index contributed by atoms with van der Waals surface area (Å²) < 4.78 is 18.2. The lowest BCUT2D eigenvalue weighted by Gasteiger charge is -2.10. The summed E-state index contributed by atoms with van der Waals surface area (Å²) in [7, 11) is 1.34. The molecule has 0 unspecified atom stereocenters. The number of esters is 1. The molecule has 21 heavy (non-hydrogen) atoms. The molecule has 2 aromatic carbocycles. The Bertz CT molecular complexity index is 671. The fourth-order valence-corrected chi connectivity index (χ4v) is 2.02. The molecule has 0 saturated heterocycles. The molecular formula is C16H16FNO3. The van der Waals surface area contributed by atoms with Gasteiger partial charge in [-0.3, -0.25) is 0 Å². The summed E-state index contributed by atoms with van der Waals surface area (Å²) in [6, 6.07) is 9.25. The number of aryl methyl sites for hydroxylation is 1. The first-order valence-corrected chi connectivity index (χ1v) is 6.41. The molecule has 0 aliphatic rings. The molecule has 0 aliphatic heterocycles. The van der Waals surface area contributed by atoms with Gasteiger partial charge in [-0.15, -0.1) is 0 Å². The van der Waals surface area contributed by atoms with E-state index in [2.05, 4.69) is 10.1 Å². The van der Waals surface area contributed by atoms with E-state index >= 15 is 0 Å². The summed E-state index contributed by atoms with van der Waals surface area (Å²) >= 11 is 0. The highest BCUT2D eigenvalue weighted by atomic mass is 19.1. The molecule has 5 heteroatoms. The van der Waals surface area contributed by atoms with Crippen LogP contribution in [0, 0.1) is 12.7 Å². The van der Waals surface area contributed by atoms with Gasteiger partial charge in [0.2, 0.25) is 0 Å². The van der Waals surface area contributed by atoms with Gasteiger partial charge in [-0.2, -0.15) is 0 Å². The maximum absolute atomic E-state index is 13.6. The smallest absolute Gasteiger partial charge is 0.338 e. The summed E-state index contributed by atoms with van der Waals surface area (Å²) in [5.41, 5.74) is 2.53. The van der Waals surface area contributed by atoms with Crippen molar-refractivity contribution in [2.24, 2.45) is 0 Å². The number of aromatic hydroxyl groups is 1. The summed E-state index contributed by atoms with van der Waals surface area (Å²) in [5.74, 6) is -1.01. The van der Waals surface area contributed by atoms with Crippen molar-refractivity contribution in [1.29, 1.82) is 0 Å². The molecule has 0 spiro atoms. The summed E-state index contributed by atoms with van der Waals surface area (Å²) in [6.07, 6.45) is 0. The molecule has 0 saturated carbocycles. The molecular weight excluding hydrogens is 273 g/mol. The maximum atomic E-state index is 13.6. The SMILES string of the molecule is COC(=O)c1ccc(CNc2ccc(O)cc2F)cc1C. The van der Waals surface area contributed by atoms with E-state index in [9.17, 15) is 9.18 Å². The van der Waals surface area contributed by atoms with E-state index in [4.69, 9.17) is 5.11 Å². The zero-order valence-electron chi connectivity index (χ0n) is 11.8. The van der Waals surface area contributed by atoms with Crippen LogP contribution in [0.15, 0.2) is 36.4 Å². The molecule has 0 fully saturated rings. The number of nitrogens with one attached hydrogen (secondary N) is 1. The maximum Gasteiger partial charge on any atom is 0.338 e. The molecule has 0 atom stereocenters. The van der Waals surface area contributed by atoms with Crippen LogP contribution in [0.1, 0.15) is 21.5 Å². The fourth-order valence-electron chi connectivity index (χ4n) is 2.02. The van der Waals surface area contributed by atoms with E-state index in [1.807, 2.05) is 13.0 Å². The number of benzene rings is 2. The molecule has 0 heterocycles. The second kappa shape index (κ2) is 6.26. The molecule has 2 rings (SSSR count). The minimum Gasteiger partial charge on any atom is -0.508 e. The molecule has 0 amide bonds. The Morgan fingerprint density at radius 1 is 1.29 bits per heavy atom. The van der Waals surface area contributed by atoms with Crippen LogP contribution in [0.25, 0.3) is 0 Å². The van der Waals surface area contributed by atoms with Crippen LogP contribution in [-0.4, -0.2) is 18.2 Å². The number of anilines is 1. The number of halogens is 1. The molecule has 0 bridgehead atoms. The van der Waals surface area contributed by atoms with E-state index in [-0.39, 0.29) is 11.7 Å². The van der Waals surface area contributed by atoms with Crippen LogP contribution in [0.5, 0.6) is 5.75 Å². The van der Waals surface area contributed by atoms with Crippen LogP contribution in [0.4, 0.5) is 10.1 Å². The van der Waals surface area contributed by atoms with Gasteiger partial charge < -0.3 is 15.2 Å². The van der Waals surface area contributed by atoms with Gasteiger partial charge in [0.15, 0.2) is 0 Å². The van der Waals surface area contributed by atoms with Crippen LogP contribution in [0.3, 0.4) is 0 Å². The third-order valence-corrected chi connectivity index (χ3v) is 3.13. The number of phenolic OH excluding ortho intramolecular Hbond substituents is 1. The summed E-state index contributed by atoms with van der Waals surface area (Å²) in [6.45, 7) is 2.22. The van der Waals surface area contributed by atoms with Gasteiger partial charge in [0.1, 0.15) is 11.6 Å². The minimum atomic E-state index is -0.516. The van der Waals surface area contributed by atoms with Crippen LogP contribution < -0.4 is 5.32 Å². The van der Waals surface area contributed by atoms with Crippen LogP contribution in [-0.2, 0) is 11.3 Å². The topological polar surface area (TPSA) is 58.6 Å². The summed E-state index contributed by atoms with van der Waals surface area (Å²) in [5, 5.41) is 12.1. The predicted octanol–water partition coefficient (Wildman–Crippen LogP) is 3.24. The third-order valence-electron chi connectivity index (χ3n) is 3.13. The van der Waals surface area contributed by atoms with Gasteiger partial charge in [-0.25, -0.2) is 9.18 Å². The second-order valence-corrected chi connectivity index (χ2v) is 4.66. The molecule has 0 aliphatic carbocycles. The molecule has 0 aromatic heterocycles. The lowest BCUT2D eigenvalue weighted by Crippen LogP contribution is -2.06. The fraction of sp³-hybridized carbons (Fsp3) is 0.188. The Morgan fingerprint density at radius 2 is 2.05 bits per heavy atom. The van der Waals surface area contributed by atoms with Crippen molar-refractivity contribution < 1.29 is 19.0 Å². The Labute approximate surface area is 122 Å². The predicted molar refractivity (Wildman–Crippen MR) is 77.9 cm³/mol. The Kier molecular flexibility index (Phi) is 4.42. The number of ether oxygens (including phenoxy) is 1. The van der Waals surface area contributed by atoms with Crippen molar-refractivity contribution in [3.8, 4) is 5.75 Å². The van der Waals surface area contributed by atoms with Gasteiger partial charge in [0, 0.05) is 12.6 Å². The lowest BCUT2D eigenvalue weighted by molar-refractivity contribution is 0.0600. The van der Waals surface area contributed by atoms with E-state index in [1.54, 1.807) is 12.1 Å². The molecule has 2 N–H and O–H groups in total. The standard InChI is InChI=1S/C16H16FNO3/c1-10-7-11(3-5-13(10)16(20)21-2)9-18-15-6-4-12(19)8-14(15)17/h3-8,18-19H,9H2,1-2H3. The Balaban J connectivity index is 2.10. The van der Waals surface area contributed by atoms with Gasteiger partial charge in [0.05, 0.1) is 18.4 Å². The van der Waals surface area contributed by atoms with Crippen LogP contribution >= 0.6 is 0 Å². The van der Waals surface area contributed by atoms with Crippen molar-refractivity contribution in [2.45, 2.75) is 13.5 Å². The van der Waals surface area contributed by atoms with Gasteiger partial charge in [0.25, 0.3) is 0 Å². The van der Waals surface area contributed by atoms with E-state index in [1.165, 1.54) is 19.2 Å². The van der Waals surface area contributed by atoms with Gasteiger partial charge >= 0.3 is 5.97 Å². The number of carbonyl (C=O) groups is 1. The lowest BCUT2D eigenvalue weighted by atomic mass is 10.1. The number of hydrogen-bond donors (Lipinski definition) is 2. The zero-order valence-corrected chi connectivity index (χ0v) is 11.8. The molecule has 4 nitrogen and oxygen atoms in total. The van der Waals surface area contributed by atoms with E-state index in [0.29, 0.717) is 17.8 Å². The van der Waals surface area contributed by atoms with Crippen molar-refractivity contribution in [3.05, 3.63) is 58.9 Å². The number of rotatable bonds is 4. The first-order valence-electron chi connectivity index (χ1n) is 6.41. The molecule has 0 radical (unpaired) electrons. The first kappa shape index (κ1) is 14.8. The van der Waals surface area contributed by atoms with E-state index < -0.39 is 5.82 Å². The highest BCUT2D eigenvalue weighted by Crippen LogP contribution is 2.20.